The van der Waals surface area contributed by atoms with Gasteiger partial charge in [0.15, 0.2) is 0 Å². The molecule has 0 aliphatic carbocycles. The maximum Gasteiger partial charge on any atom is 0.264 e. The number of hydrogen-bond acceptors (Lipinski definition) is 3. The molecule has 1 rings (SSSR count). The topological polar surface area (TPSA) is 52.0 Å². The summed E-state index contributed by atoms with van der Waals surface area (Å²) in [5.74, 6) is 0. The second-order valence-electron chi connectivity index (χ2n) is 4.30. The van der Waals surface area contributed by atoms with Crippen molar-refractivity contribution in [3.8, 4) is 0 Å². The van der Waals surface area contributed by atoms with Crippen molar-refractivity contribution < 1.29 is 8.42 Å². The van der Waals surface area contributed by atoms with Gasteiger partial charge in [0.05, 0.1) is 11.4 Å². The second kappa shape index (κ2) is 6.57. The van der Waals surface area contributed by atoms with Crippen LogP contribution in [0.1, 0.15) is 51.4 Å². The van der Waals surface area contributed by atoms with Crippen LogP contribution in [0.25, 0.3) is 0 Å². The quantitative estimate of drug-likeness (QED) is 0.573. The number of rotatable bonds is 7. The Hall–Kier alpha value is -0.550. The molecule has 0 N–H and O–H groups in total. The van der Waals surface area contributed by atoms with E-state index in [0.717, 1.165) is 31.5 Å². The molecule has 1 aromatic rings. The van der Waals surface area contributed by atoms with Crippen molar-refractivity contribution in [2.24, 2.45) is 0 Å². The van der Waals surface area contributed by atoms with Gasteiger partial charge in [0, 0.05) is 17.2 Å². The van der Waals surface area contributed by atoms with Crippen LogP contribution in [-0.2, 0) is 28.4 Å². The molecule has 0 bridgehead atoms. The highest BCUT2D eigenvalue weighted by atomic mass is 35.7. The van der Waals surface area contributed by atoms with E-state index in [1.165, 1.54) is 0 Å². The standard InChI is InChI=1S/C12H21ClN2O2S/c1-4-7-8-9-15-11(6-3)12(18(13,16)17)10(5-2)14-15/h4-9H2,1-3H3. The molecule has 0 spiro atoms. The lowest BCUT2D eigenvalue weighted by Crippen LogP contribution is -2.06. The number of aryl methyl sites for hydroxylation is 2. The third-order valence-corrected chi connectivity index (χ3v) is 4.39. The first kappa shape index (κ1) is 15.5. The minimum Gasteiger partial charge on any atom is -0.268 e. The van der Waals surface area contributed by atoms with Crippen LogP contribution in [0.2, 0.25) is 0 Å². The molecule has 6 heteroatoms. The van der Waals surface area contributed by atoms with Crippen molar-refractivity contribution in [2.75, 3.05) is 0 Å². The highest BCUT2D eigenvalue weighted by Gasteiger charge is 2.24. The molecule has 1 aromatic heterocycles. The van der Waals surface area contributed by atoms with Crippen molar-refractivity contribution >= 4 is 19.7 Å². The van der Waals surface area contributed by atoms with Gasteiger partial charge in [0.25, 0.3) is 9.05 Å². The van der Waals surface area contributed by atoms with Crippen LogP contribution < -0.4 is 0 Å². The zero-order valence-corrected chi connectivity index (χ0v) is 12.8. The molecular formula is C12H21ClN2O2S. The van der Waals surface area contributed by atoms with Gasteiger partial charge in [-0.15, -0.1) is 0 Å². The summed E-state index contributed by atoms with van der Waals surface area (Å²) in [6.07, 6.45) is 4.46. The minimum atomic E-state index is -3.71. The number of nitrogens with zero attached hydrogens (tertiary/aromatic N) is 2. The van der Waals surface area contributed by atoms with Crippen molar-refractivity contribution in [3.63, 3.8) is 0 Å². The fraction of sp³-hybridized carbons (Fsp3) is 0.750. The first-order chi connectivity index (χ1) is 8.45. The lowest BCUT2D eigenvalue weighted by Gasteiger charge is -2.06. The van der Waals surface area contributed by atoms with E-state index in [0.29, 0.717) is 18.5 Å². The summed E-state index contributed by atoms with van der Waals surface area (Å²) in [4.78, 5) is 0.227. The molecule has 0 unspecified atom stereocenters. The molecule has 4 nitrogen and oxygen atoms in total. The lowest BCUT2D eigenvalue weighted by molar-refractivity contribution is 0.530. The molecule has 0 atom stereocenters. The van der Waals surface area contributed by atoms with Gasteiger partial charge in [0.1, 0.15) is 4.90 Å². The summed E-state index contributed by atoms with van der Waals surface area (Å²) >= 11 is 0. The summed E-state index contributed by atoms with van der Waals surface area (Å²) in [5, 5.41) is 4.39. The summed E-state index contributed by atoms with van der Waals surface area (Å²) in [6, 6.07) is 0. The van der Waals surface area contributed by atoms with Crippen molar-refractivity contribution in [1.82, 2.24) is 9.78 Å². The Kier molecular flexibility index (Phi) is 5.66. The number of hydrogen-bond donors (Lipinski definition) is 0. The van der Waals surface area contributed by atoms with Crippen LogP contribution in [-0.4, -0.2) is 18.2 Å². The third kappa shape index (κ3) is 3.48. The van der Waals surface area contributed by atoms with Gasteiger partial charge in [-0.3, -0.25) is 4.68 Å². The molecular weight excluding hydrogens is 272 g/mol. The van der Waals surface area contributed by atoms with E-state index in [1.54, 1.807) is 0 Å². The van der Waals surface area contributed by atoms with Gasteiger partial charge in [-0.25, -0.2) is 8.42 Å². The Morgan fingerprint density at radius 2 is 1.83 bits per heavy atom. The fourth-order valence-corrected chi connectivity index (χ4v) is 3.62. The van der Waals surface area contributed by atoms with Crippen molar-refractivity contribution in [3.05, 3.63) is 11.4 Å². The molecule has 104 valence electrons. The van der Waals surface area contributed by atoms with Gasteiger partial charge in [0.2, 0.25) is 0 Å². The van der Waals surface area contributed by atoms with Crippen LogP contribution >= 0.6 is 10.7 Å². The Morgan fingerprint density at radius 1 is 1.17 bits per heavy atom. The summed E-state index contributed by atoms with van der Waals surface area (Å²) in [6.45, 7) is 6.72. The Labute approximate surface area is 114 Å². The first-order valence-corrected chi connectivity index (χ1v) is 8.79. The lowest BCUT2D eigenvalue weighted by atomic mass is 10.2. The Bertz CT molecular complexity index is 494. The van der Waals surface area contributed by atoms with E-state index < -0.39 is 9.05 Å². The van der Waals surface area contributed by atoms with Gasteiger partial charge in [-0.1, -0.05) is 33.6 Å². The second-order valence-corrected chi connectivity index (χ2v) is 6.80. The van der Waals surface area contributed by atoms with Crippen LogP contribution in [0.4, 0.5) is 0 Å². The Balaban J connectivity index is 3.17. The predicted molar refractivity (Wildman–Crippen MR) is 73.5 cm³/mol. The highest BCUT2D eigenvalue weighted by molar-refractivity contribution is 8.13. The number of aromatic nitrogens is 2. The summed E-state index contributed by atoms with van der Waals surface area (Å²) < 4.78 is 25.1. The predicted octanol–water partition coefficient (Wildman–Crippen LogP) is 3.13. The van der Waals surface area contributed by atoms with Crippen LogP contribution in [0.5, 0.6) is 0 Å². The van der Waals surface area contributed by atoms with Gasteiger partial charge < -0.3 is 0 Å². The Morgan fingerprint density at radius 3 is 2.28 bits per heavy atom. The molecule has 0 saturated carbocycles. The molecule has 0 aliphatic rings. The molecule has 0 aromatic carbocycles. The molecule has 0 radical (unpaired) electrons. The summed E-state index contributed by atoms with van der Waals surface area (Å²) in [7, 11) is 1.81. The molecule has 0 amide bonds. The first-order valence-electron chi connectivity index (χ1n) is 6.48. The third-order valence-electron chi connectivity index (χ3n) is 2.96. The summed E-state index contributed by atoms with van der Waals surface area (Å²) in [5.41, 5.74) is 1.32. The van der Waals surface area contributed by atoms with E-state index in [1.807, 2.05) is 18.5 Å². The maximum absolute atomic E-state index is 11.6. The molecule has 18 heavy (non-hydrogen) atoms. The SMILES string of the molecule is CCCCCn1nc(CC)c(S(=O)(=O)Cl)c1CC. The average molecular weight is 293 g/mol. The zero-order chi connectivity index (χ0) is 13.8. The monoisotopic (exact) mass is 292 g/mol. The van der Waals surface area contributed by atoms with Crippen molar-refractivity contribution in [1.29, 1.82) is 0 Å². The van der Waals surface area contributed by atoms with Crippen LogP contribution in [0.3, 0.4) is 0 Å². The molecule has 0 saturated heterocycles. The molecule has 0 fully saturated rings. The minimum absolute atomic E-state index is 0.227. The van der Waals surface area contributed by atoms with Crippen LogP contribution in [0, 0.1) is 0 Å². The smallest absolute Gasteiger partial charge is 0.264 e. The number of unbranched alkanes of at least 4 members (excludes halogenated alkanes) is 2. The van der Waals surface area contributed by atoms with Gasteiger partial charge >= 0.3 is 0 Å². The average Bonchev–Trinajstić information content (AvgIpc) is 2.67. The van der Waals surface area contributed by atoms with Gasteiger partial charge in [-0.2, -0.15) is 5.10 Å². The van der Waals surface area contributed by atoms with E-state index in [-0.39, 0.29) is 4.90 Å². The largest absolute Gasteiger partial charge is 0.268 e. The molecule has 1 heterocycles. The van der Waals surface area contributed by atoms with Crippen LogP contribution in [0.15, 0.2) is 4.90 Å². The highest BCUT2D eigenvalue weighted by Crippen LogP contribution is 2.25. The normalized spacial score (nSPS) is 12.0. The van der Waals surface area contributed by atoms with Crippen molar-refractivity contribution in [2.45, 2.75) is 64.3 Å². The maximum atomic E-state index is 11.6. The van der Waals surface area contributed by atoms with E-state index in [4.69, 9.17) is 10.7 Å². The molecule has 0 aliphatic heterocycles. The van der Waals surface area contributed by atoms with E-state index in [2.05, 4.69) is 12.0 Å². The zero-order valence-electron chi connectivity index (χ0n) is 11.2. The fourth-order valence-electron chi connectivity index (χ4n) is 2.09. The number of halogens is 1. The van der Waals surface area contributed by atoms with E-state index >= 15 is 0 Å². The van der Waals surface area contributed by atoms with Gasteiger partial charge in [-0.05, 0) is 19.3 Å². The van der Waals surface area contributed by atoms with E-state index in [9.17, 15) is 8.42 Å².